The molecule has 2 aromatic heterocycles. The number of piperidine rings is 1. The average Bonchev–Trinajstić information content (AvgIpc) is 3.44. The average molecular weight is 448 g/mol. The molecule has 6 nitrogen and oxygen atoms in total. The van der Waals surface area contributed by atoms with Crippen LogP contribution in [0.4, 0.5) is 13.2 Å². The summed E-state index contributed by atoms with van der Waals surface area (Å²) in [5.74, 6) is -0.113. The topological polar surface area (TPSA) is 56.8 Å². The Kier molecular flexibility index (Phi) is 5.05. The fraction of sp³-hybridized carbons (Fsp3) is 0.435. The van der Waals surface area contributed by atoms with Crippen molar-refractivity contribution in [3.05, 3.63) is 59.0 Å². The maximum atomic E-state index is 13.4. The maximum absolute atomic E-state index is 13.4. The molecule has 1 amide bonds. The van der Waals surface area contributed by atoms with Crippen LogP contribution in [0, 0.1) is 6.92 Å². The number of alkyl halides is 3. The fourth-order valence-corrected chi connectivity index (χ4v) is 4.54. The van der Waals surface area contributed by atoms with Crippen molar-refractivity contribution < 1.29 is 31.9 Å². The summed E-state index contributed by atoms with van der Waals surface area (Å²) in [6.45, 7) is 3.99. The van der Waals surface area contributed by atoms with E-state index in [2.05, 4.69) is 0 Å². The predicted molar refractivity (Wildman–Crippen MR) is 109 cm³/mol. The molecule has 2 aliphatic heterocycles. The molecule has 2 saturated heterocycles. The molecule has 0 atom stereocenters. The first-order valence-electron chi connectivity index (χ1n) is 10.6. The van der Waals surface area contributed by atoms with Gasteiger partial charge in [0.1, 0.15) is 11.5 Å². The summed E-state index contributed by atoms with van der Waals surface area (Å²) >= 11 is 0. The fourth-order valence-electron chi connectivity index (χ4n) is 4.54. The van der Waals surface area contributed by atoms with Gasteiger partial charge in [0.25, 0.3) is 5.91 Å². The number of benzene rings is 1. The second kappa shape index (κ2) is 7.67. The summed E-state index contributed by atoms with van der Waals surface area (Å²) in [6, 6.07) is 8.64. The first kappa shape index (κ1) is 21.1. The Labute approximate surface area is 182 Å². The lowest BCUT2D eigenvalue weighted by molar-refractivity contribution is -0.181. The van der Waals surface area contributed by atoms with Gasteiger partial charge in [0.15, 0.2) is 11.4 Å². The van der Waals surface area contributed by atoms with Crippen molar-refractivity contribution in [1.82, 2.24) is 9.47 Å². The number of ether oxygens (including phenoxy) is 2. The molecule has 9 heteroatoms. The largest absolute Gasteiger partial charge is 0.460 e. The molecule has 0 saturated carbocycles. The zero-order valence-electron chi connectivity index (χ0n) is 17.6. The van der Waals surface area contributed by atoms with Crippen molar-refractivity contribution in [2.24, 2.45) is 0 Å². The van der Waals surface area contributed by atoms with E-state index in [-0.39, 0.29) is 12.5 Å². The molecule has 5 rings (SSSR count). The number of carbonyl (C=O) groups excluding carboxylic acids is 1. The van der Waals surface area contributed by atoms with Gasteiger partial charge in [-0.25, -0.2) is 0 Å². The van der Waals surface area contributed by atoms with E-state index in [1.165, 1.54) is 6.07 Å². The predicted octanol–water partition coefficient (Wildman–Crippen LogP) is 4.59. The molecule has 170 valence electrons. The monoisotopic (exact) mass is 448 g/mol. The van der Waals surface area contributed by atoms with Gasteiger partial charge < -0.3 is 23.4 Å². The van der Waals surface area contributed by atoms with E-state index in [4.69, 9.17) is 13.9 Å². The number of halogens is 3. The molecule has 1 spiro atoms. The number of carbonyl (C=O) groups is 1. The van der Waals surface area contributed by atoms with Crippen LogP contribution in [-0.2, 0) is 22.2 Å². The molecule has 0 N–H and O–H groups in total. The third-order valence-corrected chi connectivity index (χ3v) is 6.15. The molecular weight excluding hydrogens is 425 g/mol. The quantitative estimate of drug-likeness (QED) is 0.588. The number of hydrogen-bond acceptors (Lipinski definition) is 4. The summed E-state index contributed by atoms with van der Waals surface area (Å²) in [5.41, 5.74) is 1.34. The molecule has 0 aliphatic carbocycles. The van der Waals surface area contributed by atoms with E-state index in [1.807, 2.05) is 0 Å². The van der Waals surface area contributed by atoms with Crippen LogP contribution < -0.4 is 0 Å². The van der Waals surface area contributed by atoms with Crippen molar-refractivity contribution >= 4 is 17.0 Å². The Morgan fingerprint density at radius 3 is 2.50 bits per heavy atom. The summed E-state index contributed by atoms with van der Waals surface area (Å²) in [6.07, 6.45) is -3.26. The first-order valence-corrected chi connectivity index (χ1v) is 10.6. The van der Waals surface area contributed by atoms with Gasteiger partial charge in [0, 0.05) is 44.6 Å². The highest BCUT2D eigenvalue weighted by Crippen LogP contribution is 2.33. The number of likely N-dealkylation sites (tertiary alicyclic amines) is 1. The number of fused-ring (bicyclic) bond motifs is 1. The number of aromatic nitrogens is 1. The Bertz CT molecular complexity index is 1150. The van der Waals surface area contributed by atoms with Crippen molar-refractivity contribution in [2.75, 3.05) is 26.3 Å². The molecule has 1 aromatic carbocycles. The van der Waals surface area contributed by atoms with Crippen LogP contribution in [0.15, 0.2) is 40.8 Å². The number of rotatable bonds is 3. The minimum absolute atomic E-state index is 0.122. The smallest absolute Gasteiger partial charge is 0.416 e. The van der Waals surface area contributed by atoms with Gasteiger partial charge in [-0.3, -0.25) is 4.79 Å². The normalized spacial score (nSPS) is 18.7. The van der Waals surface area contributed by atoms with Crippen LogP contribution in [0.5, 0.6) is 0 Å². The van der Waals surface area contributed by atoms with E-state index in [0.717, 1.165) is 12.1 Å². The van der Waals surface area contributed by atoms with Crippen molar-refractivity contribution in [2.45, 2.75) is 38.3 Å². The highest BCUT2D eigenvalue weighted by Gasteiger charge is 2.41. The van der Waals surface area contributed by atoms with Gasteiger partial charge in [-0.15, -0.1) is 0 Å². The molecular formula is C23H23F3N2O4. The minimum Gasteiger partial charge on any atom is -0.460 e. The zero-order chi connectivity index (χ0) is 22.5. The summed E-state index contributed by atoms with van der Waals surface area (Å²) in [5, 5.41) is 0. The Morgan fingerprint density at radius 2 is 1.81 bits per heavy atom. The lowest BCUT2D eigenvalue weighted by Crippen LogP contribution is -2.47. The van der Waals surface area contributed by atoms with Gasteiger partial charge in [0.05, 0.1) is 24.3 Å². The van der Waals surface area contributed by atoms with Crippen LogP contribution in [0.1, 0.15) is 40.2 Å². The minimum atomic E-state index is -4.43. The molecule has 32 heavy (non-hydrogen) atoms. The van der Waals surface area contributed by atoms with Crippen LogP contribution in [0.25, 0.3) is 11.1 Å². The Morgan fingerprint density at radius 1 is 1.09 bits per heavy atom. The van der Waals surface area contributed by atoms with E-state index in [0.29, 0.717) is 67.3 Å². The van der Waals surface area contributed by atoms with Gasteiger partial charge in [-0.2, -0.15) is 13.2 Å². The van der Waals surface area contributed by atoms with E-state index >= 15 is 0 Å². The lowest BCUT2D eigenvalue weighted by Gasteiger charge is -2.37. The molecule has 2 aliphatic rings. The summed E-state index contributed by atoms with van der Waals surface area (Å²) in [4.78, 5) is 15.1. The van der Waals surface area contributed by atoms with Gasteiger partial charge >= 0.3 is 6.18 Å². The van der Waals surface area contributed by atoms with E-state index < -0.39 is 17.5 Å². The highest BCUT2D eigenvalue weighted by atomic mass is 19.4. The number of furan rings is 1. The summed E-state index contributed by atoms with van der Waals surface area (Å²) in [7, 11) is 0. The van der Waals surface area contributed by atoms with Gasteiger partial charge in [0.2, 0.25) is 0 Å². The van der Waals surface area contributed by atoms with Crippen LogP contribution in [0.3, 0.4) is 0 Å². The van der Waals surface area contributed by atoms with Crippen molar-refractivity contribution in [3.63, 3.8) is 0 Å². The molecule has 2 fully saturated rings. The summed E-state index contributed by atoms with van der Waals surface area (Å²) < 4.78 is 58.4. The van der Waals surface area contributed by atoms with Crippen molar-refractivity contribution in [1.29, 1.82) is 0 Å². The Balaban J connectivity index is 1.45. The first-order chi connectivity index (χ1) is 15.2. The van der Waals surface area contributed by atoms with Crippen LogP contribution in [0.2, 0.25) is 0 Å². The number of aryl methyl sites for hydroxylation is 1. The van der Waals surface area contributed by atoms with Gasteiger partial charge in [-0.1, -0.05) is 12.1 Å². The van der Waals surface area contributed by atoms with E-state index in [9.17, 15) is 18.0 Å². The third kappa shape index (κ3) is 3.80. The second-order valence-electron chi connectivity index (χ2n) is 8.32. The molecule has 0 radical (unpaired) electrons. The third-order valence-electron chi connectivity index (χ3n) is 6.15. The van der Waals surface area contributed by atoms with Gasteiger partial charge in [-0.05, 0) is 24.6 Å². The zero-order valence-corrected chi connectivity index (χ0v) is 17.6. The molecule has 4 heterocycles. The van der Waals surface area contributed by atoms with E-state index in [1.54, 1.807) is 34.6 Å². The van der Waals surface area contributed by atoms with Crippen LogP contribution in [-0.4, -0.2) is 47.5 Å². The molecule has 0 bridgehead atoms. The Hall–Kier alpha value is -2.78. The SMILES string of the molecule is Cc1cc2c(cc(C(=O)N3CCC4(CC3)OCCO4)n2Cc2cccc(C(F)(F)F)c2)o1. The second-order valence-corrected chi connectivity index (χ2v) is 8.32. The molecule has 3 aromatic rings. The molecule has 0 unspecified atom stereocenters. The number of nitrogens with zero attached hydrogens (tertiary/aromatic N) is 2. The lowest BCUT2D eigenvalue weighted by atomic mass is 10.0. The standard InChI is InChI=1S/C23H23F3N2O4/c1-15-11-18-20(32-15)13-19(21(29)27-7-5-22(6-8-27)30-9-10-31-22)28(18)14-16-3-2-4-17(12-16)23(24,25)26/h2-4,11-13H,5-10,14H2,1H3. The number of amides is 1. The number of hydrogen-bond donors (Lipinski definition) is 0. The highest BCUT2D eigenvalue weighted by molar-refractivity contribution is 5.97. The van der Waals surface area contributed by atoms with Crippen LogP contribution >= 0.6 is 0 Å². The van der Waals surface area contributed by atoms with Crippen molar-refractivity contribution in [3.8, 4) is 0 Å². The maximum Gasteiger partial charge on any atom is 0.416 e.